The third-order valence-corrected chi connectivity index (χ3v) is 3.43. The van der Waals surface area contributed by atoms with Gasteiger partial charge in [0.2, 0.25) is 0 Å². The van der Waals surface area contributed by atoms with Crippen molar-refractivity contribution >= 4 is 22.6 Å². The van der Waals surface area contributed by atoms with Crippen molar-refractivity contribution in [1.29, 1.82) is 5.26 Å². The van der Waals surface area contributed by atoms with E-state index in [-0.39, 0.29) is 0 Å². The van der Waals surface area contributed by atoms with E-state index >= 15 is 0 Å². The Hall–Kier alpha value is -2.45. The van der Waals surface area contributed by atoms with Crippen LogP contribution in [0.2, 0.25) is 0 Å². The summed E-state index contributed by atoms with van der Waals surface area (Å²) in [5.41, 5.74) is 3.04. The molecule has 0 N–H and O–H groups in total. The highest BCUT2D eigenvalue weighted by Gasteiger charge is 2.13. The van der Waals surface area contributed by atoms with Gasteiger partial charge in [0.05, 0.1) is 23.3 Å². The highest BCUT2D eigenvalue weighted by Crippen LogP contribution is 2.21. The van der Waals surface area contributed by atoms with Gasteiger partial charge in [0.1, 0.15) is 17.4 Å². The molecule has 2 aromatic heterocycles. The summed E-state index contributed by atoms with van der Waals surface area (Å²) >= 11 is 5.87. The topological polar surface area (TPSA) is 67.4 Å². The lowest BCUT2D eigenvalue weighted by molar-refractivity contribution is 0.724. The van der Waals surface area contributed by atoms with Crippen molar-refractivity contribution in [2.75, 3.05) is 5.88 Å². The molecule has 0 aliphatic rings. The molecule has 2 heterocycles. The Balaban J connectivity index is 2.15. The Bertz CT molecular complexity index is 804. The zero-order valence-electron chi connectivity index (χ0n) is 11.2. The molecule has 0 fully saturated rings. The predicted octanol–water partition coefficient (Wildman–Crippen LogP) is 2.53. The lowest BCUT2D eigenvalue weighted by atomic mass is 10.2. The summed E-state index contributed by atoms with van der Waals surface area (Å²) in [6, 6.07) is 11.5. The first-order valence-electron chi connectivity index (χ1n) is 6.54. The Labute approximate surface area is 126 Å². The second-order valence-corrected chi connectivity index (χ2v) is 4.93. The fourth-order valence-corrected chi connectivity index (χ4v) is 2.49. The molecule has 0 bridgehead atoms. The van der Waals surface area contributed by atoms with Crippen LogP contribution in [-0.4, -0.2) is 25.6 Å². The molecule has 6 heteroatoms. The van der Waals surface area contributed by atoms with Crippen LogP contribution in [0.3, 0.4) is 0 Å². The third kappa shape index (κ3) is 2.58. The van der Waals surface area contributed by atoms with Crippen molar-refractivity contribution in [2.24, 2.45) is 0 Å². The summed E-state index contributed by atoms with van der Waals surface area (Å²) in [5, 5.41) is 17.2. The average molecular weight is 298 g/mol. The van der Waals surface area contributed by atoms with Gasteiger partial charge in [-0.2, -0.15) is 15.5 Å². The number of alkyl halides is 1. The number of hydrogen-bond acceptors (Lipinski definition) is 4. The molecule has 21 heavy (non-hydrogen) atoms. The van der Waals surface area contributed by atoms with Crippen LogP contribution in [0.5, 0.6) is 0 Å². The van der Waals surface area contributed by atoms with E-state index in [4.69, 9.17) is 11.6 Å². The molecule has 3 rings (SSSR count). The van der Waals surface area contributed by atoms with Crippen LogP contribution in [0, 0.1) is 11.3 Å². The van der Waals surface area contributed by atoms with Crippen LogP contribution >= 0.6 is 11.6 Å². The number of nitrogens with zero attached hydrogens (tertiary/aromatic N) is 5. The van der Waals surface area contributed by atoms with Gasteiger partial charge in [-0.25, -0.2) is 4.98 Å². The van der Waals surface area contributed by atoms with Gasteiger partial charge in [-0.15, -0.1) is 11.6 Å². The van der Waals surface area contributed by atoms with Gasteiger partial charge in [-0.3, -0.25) is 0 Å². The Morgan fingerprint density at radius 3 is 2.86 bits per heavy atom. The third-order valence-electron chi connectivity index (χ3n) is 3.24. The lowest BCUT2D eigenvalue weighted by Crippen LogP contribution is -2.07. The number of nitriles is 1. The summed E-state index contributed by atoms with van der Waals surface area (Å²) in [6.07, 6.45) is 2.28. The molecule has 0 amide bonds. The van der Waals surface area contributed by atoms with Gasteiger partial charge in [0.25, 0.3) is 0 Å². The molecule has 1 aromatic carbocycles. The minimum atomic E-state index is 0.478. The quantitative estimate of drug-likeness (QED) is 0.694. The van der Waals surface area contributed by atoms with Crippen LogP contribution in [-0.2, 0) is 13.0 Å². The van der Waals surface area contributed by atoms with Crippen LogP contribution in [0.1, 0.15) is 17.1 Å². The first kappa shape index (κ1) is 13.5. The van der Waals surface area contributed by atoms with E-state index in [2.05, 4.69) is 21.3 Å². The van der Waals surface area contributed by atoms with Gasteiger partial charge in [0, 0.05) is 18.5 Å². The SMILES string of the molecule is N#Cc1cccc2c1nc(CCCl)n2Cc1cccnn1. The molecule has 104 valence electrons. The Morgan fingerprint density at radius 2 is 2.14 bits per heavy atom. The number of fused-ring (bicyclic) bond motifs is 1. The number of rotatable bonds is 4. The first-order valence-corrected chi connectivity index (χ1v) is 7.07. The van der Waals surface area contributed by atoms with E-state index < -0.39 is 0 Å². The monoisotopic (exact) mass is 297 g/mol. The molecule has 0 saturated carbocycles. The number of benzene rings is 1. The minimum absolute atomic E-state index is 0.478. The first-order chi connectivity index (χ1) is 10.3. The molecule has 0 saturated heterocycles. The number of aryl methyl sites for hydroxylation is 1. The highest BCUT2D eigenvalue weighted by atomic mass is 35.5. The number of halogens is 1. The van der Waals surface area contributed by atoms with Crippen molar-refractivity contribution in [1.82, 2.24) is 19.7 Å². The lowest BCUT2D eigenvalue weighted by Gasteiger charge is -2.07. The molecule has 0 atom stereocenters. The zero-order valence-corrected chi connectivity index (χ0v) is 12.0. The van der Waals surface area contributed by atoms with Crippen molar-refractivity contribution in [3.05, 3.63) is 53.6 Å². The van der Waals surface area contributed by atoms with Gasteiger partial charge < -0.3 is 4.57 Å². The molecule has 0 unspecified atom stereocenters. The highest BCUT2D eigenvalue weighted by molar-refractivity contribution is 6.17. The summed E-state index contributed by atoms with van der Waals surface area (Å²) in [7, 11) is 0. The molecule has 5 nitrogen and oxygen atoms in total. The number of imidazole rings is 1. The average Bonchev–Trinajstić information content (AvgIpc) is 2.87. The predicted molar refractivity (Wildman–Crippen MR) is 80.0 cm³/mol. The summed E-state index contributed by atoms with van der Waals surface area (Å²) in [5.74, 6) is 1.33. The maximum Gasteiger partial charge on any atom is 0.111 e. The molecule has 3 aromatic rings. The van der Waals surface area contributed by atoms with Crippen molar-refractivity contribution in [2.45, 2.75) is 13.0 Å². The zero-order chi connectivity index (χ0) is 14.7. The normalized spacial score (nSPS) is 10.7. The van der Waals surface area contributed by atoms with Gasteiger partial charge in [-0.05, 0) is 24.3 Å². The number of aromatic nitrogens is 4. The van der Waals surface area contributed by atoms with Gasteiger partial charge >= 0.3 is 0 Å². The second-order valence-electron chi connectivity index (χ2n) is 4.55. The fourth-order valence-electron chi connectivity index (χ4n) is 2.32. The molecular weight excluding hydrogens is 286 g/mol. The summed E-state index contributed by atoms with van der Waals surface area (Å²) < 4.78 is 2.04. The Kier molecular flexibility index (Phi) is 3.80. The molecule has 0 radical (unpaired) electrons. The molecule has 0 aliphatic carbocycles. The molecule has 0 spiro atoms. The maximum absolute atomic E-state index is 9.21. The molecule has 0 aliphatic heterocycles. The largest absolute Gasteiger partial charge is 0.322 e. The van der Waals surface area contributed by atoms with Gasteiger partial charge in [0.15, 0.2) is 0 Å². The minimum Gasteiger partial charge on any atom is -0.322 e. The van der Waals surface area contributed by atoms with Crippen LogP contribution < -0.4 is 0 Å². The van der Waals surface area contributed by atoms with Crippen LogP contribution in [0.25, 0.3) is 11.0 Å². The van der Waals surface area contributed by atoms with Crippen molar-refractivity contribution in [3.63, 3.8) is 0 Å². The standard InChI is InChI=1S/C15H12ClN5/c16-7-6-14-19-15-11(9-17)3-1-5-13(15)21(14)10-12-4-2-8-18-20-12/h1-5,8H,6-7,10H2. The smallest absolute Gasteiger partial charge is 0.111 e. The maximum atomic E-state index is 9.21. The van der Waals surface area contributed by atoms with E-state index in [1.807, 2.05) is 28.8 Å². The van der Waals surface area contributed by atoms with E-state index in [9.17, 15) is 5.26 Å². The van der Waals surface area contributed by atoms with E-state index in [1.54, 1.807) is 12.3 Å². The van der Waals surface area contributed by atoms with E-state index in [0.29, 0.717) is 29.9 Å². The molecular formula is C15H12ClN5. The van der Waals surface area contributed by atoms with E-state index in [1.165, 1.54) is 0 Å². The Morgan fingerprint density at radius 1 is 1.24 bits per heavy atom. The van der Waals surface area contributed by atoms with Crippen molar-refractivity contribution in [3.8, 4) is 6.07 Å². The summed E-state index contributed by atoms with van der Waals surface area (Å²) in [6.45, 7) is 0.561. The number of hydrogen-bond donors (Lipinski definition) is 0. The fraction of sp³-hybridized carbons (Fsp3) is 0.200. The summed E-state index contributed by atoms with van der Waals surface area (Å²) in [4.78, 5) is 4.58. The van der Waals surface area contributed by atoms with Crippen LogP contribution in [0.4, 0.5) is 0 Å². The van der Waals surface area contributed by atoms with Gasteiger partial charge in [-0.1, -0.05) is 6.07 Å². The van der Waals surface area contributed by atoms with Crippen molar-refractivity contribution < 1.29 is 0 Å². The number of para-hydroxylation sites is 1. The second kappa shape index (κ2) is 5.90. The van der Waals surface area contributed by atoms with E-state index in [0.717, 1.165) is 17.0 Å². The van der Waals surface area contributed by atoms with Crippen LogP contribution in [0.15, 0.2) is 36.5 Å².